The summed E-state index contributed by atoms with van der Waals surface area (Å²) in [7, 11) is 0. The number of nitrogen functional groups attached to an aromatic ring is 1. The second-order valence-corrected chi connectivity index (χ2v) is 6.15. The Balaban J connectivity index is 2.27. The molecule has 0 aliphatic carbocycles. The number of benzene rings is 1. The molecule has 0 saturated carbocycles. The number of rotatable bonds is 4. The van der Waals surface area contributed by atoms with Crippen molar-refractivity contribution in [2.45, 2.75) is 6.92 Å². The van der Waals surface area contributed by atoms with Gasteiger partial charge in [0.15, 0.2) is 0 Å². The first-order chi connectivity index (χ1) is 12.1. The molecule has 0 fully saturated rings. The molecular formula is C19H15BrN4O. The third-order valence-corrected chi connectivity index (χ3v) is 4.16. The lowest BCUT2D eigenvalue weighted by Crippen LogP contribution is -2.01. The number of hydrogen-bond donors (Lipinski definition) is 1. The van der Waals surface area contributed by atoms with Crippen molar-refractivity contribution in [3.8, 4) is 34.2 Å². The van der Waals surface area contributed by atoms with Crippen molar-refractivity contribution in [1.29, 1.82) is 5.26 Å². The van der Waals surface area contributed by atoms with Crippen LogP contribution in [0.15, 0.2) is 53.3 Å². The van der Waals surface area contributed by atoms with E-state index in [0.29, 0.717) is 29.2 Å². The molecule has 5 nitrogen and oxygen atoms in total. The van der Waals surface area contributed by atoms with Crippen LogP contribution in [0.1, 0.15) is 12.5 Å². The standard InChI is InChI=1S/C19H15BrN4O/c1-2-25-18-4-3-13(20)9-15(18)14-10-17(12-5-7-23-8-6-12)24-19(22)16(14)11-21/h3-10H,2H2,1H3,(H2,22,24). The average Bonchev–Trinajstić information content (AvgIpc) is 2.63. The maximum atomic E-state index is 9.58. The van der Waals surface area contributed by atoms with Crippen LogP contribution in [0.3, 0.4) is 0 Å². The molecule has 0 atom stereocenters. The van der Waals surface area contributed by atoms with Gasteiger partial charge in [0, 0.05) is 33.6 Å². The van der Waals surface area contributed by atoms with Crippen LogP contribution in [0.5, 0.6) is 5.75 Å². The van der Waals surface area contributed by atoms with Crippen molar-refractivity contribution in [3.05, 3.63) is 58.8 Å². The number of nitrogens with zero attached hydrogens (tertiary/aromatic N) is 3. The molecule has 0 radical (unpaired) electrons. The summed E-state index contributed by atoms with van der Waals surface area (Å²) in [5.41, 5.74) is 9.43. The van der Waals surface area contributed by atoms with E-state index in [9.17, 15) is 5.26 Å². The van der Waals surface area contributed by atoms with Crippen LogP contribution in [0.25, 0.3) is 22.4 Å². The van der Waals surface area contributed by atoms with Crippen molar-refractivity contribution >= 4 is 21.7 Å². The SMILES string of the molecule is CCOc1ccc(Br)cc1-c1cc(-c2ccncc2)nc(N)c1C#N. The van der Waals surface area contributed by atoms with Crippen molar-refractivity contribution in [1.82, 2.24) is 9.97 Å². The van der Waals surface area contributed by atoms with E-state index in [1.54, 1.807) is 12.4 Å². The Hall–Kier alpha value is -2.91. The normalized spacial score (nSPS) is 10.3. The third-order valence-electron chi connectivity index (χ3n) is 3.67. The number of aromatic nitrogens is 2. The molecular weight excluding hydrogens is 380 g/mol. The molecule has 2 N–H and O–H groups in total. The van der Waals surface area contributed by atoms with Crippen LogP contribution in [-0.2, 0) is 0 Å². The zero-order valence-electron chi connectivity index (χ0n) is 13.5. The zero-order chi connectivity index (χ0) is 17.8. The molecule has 3 rings (SSSR count). The Morgan fingerprint density at radius 3 is 2.60 bits per heavy atom. The Kier molecular flexibility index (Phi) is 4.96. The topological polar surface area (TPSA) is 84.8 Å². The molecule has 3 aromatic rings. The number of pyridine rings is 2. The fraction of sp³-hybridized carbons (Fsp3) is 0.105. The van der Waals surface area contributed by atoms with Crippen LogP contribution in [0.2, 0.25) is 0 Å². The van der Waals surface area contributed by atoms with Crippen molar-refractivity contribution in [2.75, 3.05) is 12.3 Å². The predicted octanol–water partition coefficient (Wildman–Crippen LogP) is 4.43. The Morgan fingerprint density at radius 2 is 1.92 bits per heavy atom. The largest absolute Gasteiger partial charge is 0.493 e. The average molecular weight is 395 g/mol. The van der Waals surface area contributed by atoms with E-state index in [0.717, 1.165) is 15.6 Å². The minimum absolute atomic E-state index is 0.189. The number of ether oxygens (including phenoxy) is 1. The molecule has 124 valence electrons. The van der Waals surface area contributed by atoms with Crippen molar-refractivity contribution in [2.24, 2.45) is 0 Å². The van der Waals surface area contributed by atoms with Crippen LogP contribution >= 0.6 is 15.9 Å². The Bertz CT molecular complexity index is 952. The lowest BCUT2D eigenvalue weighted by Gasteiger charge is -2.14. The van der Waals surface area contributed by atoms with Gasteiger partial charge in [-0.25, -0.2) is 4.98 Å². The smallest absolute Gasteiger partial charge is 0.142 e. The first kappa shape index (κ1) is 16.9. The monoisotopic (exact) mass is 394 g/mol. The van der Waals surface area contributed by atoms with Gasteiger partial charge in [0.05, 0.1) is 12.3 Å². The summed E-state index contributed by atoms with van der Waals surface area (Å²) in [5.74, 6) is 0.878. The highest BCUT2D eigenvalue weighted by atomic mass is 79.9. The summed E-state index contributed by atoms with van der Waals surface area (Å²) in [5, 5.41) is 9.58. The lowest BCUT2D eigenvalue weighted by atomic mass is 9.98. The van der Waals surface area contributed by atoms with Gasteiger partial charge in [-0.15, -0.1) is 0 Å². The molecule has 0 aliphatic rings. The zero-order valence-corrected chi connectivity index (χ0v) is 15.1. The van der Waals surface area contributed by atoms with Gasteiger partial charge >= 0.3 is 0 Å². The molecule has 6 heteroatoms. The molecule has 2 aromatic heterocycles. The van der Waals surface area contributed by atoms with Gasteiger partial charge < -0.3 is 10.5 Å². The number of nitriles is 1. The van der Waals surface area contributed by atoms with Gasteiger partial charge in [0.1, 0.15) is 23.2 Å². The summed E-state index contributed by atoms with van der Waals surface area (Å²) in [6, 6.07) is 13.4. The highest BCUT2D eigenvalue weighted by Crippen LogP contribution is 2.38. The van der Waals surface area contributed by atoms with Crippen LogP contribution in [0, 0.1) is 11.3 Å². The van der Waals surface area contributed by atoms with Gasteiger partial charge in [-0.1, -0.05) is 15.9 Å². The number of hydrogen-bond acceptors (Lipinski definition) is 5. The predicted molar refractivity (Wildman–Crippen MR) is 101 cm³/mol. The third kappa shape index (κ3) is 3.47. The van der Waals surface area contributed by atoms with Gasteiger partial charge in [0.25, 0.3) is 0 Å². The molecule has 1 aromatic carbocycles. The number of halogens is 1. The molecule has 0 amide bonds. The Morgan fingerprint density at radius 1 is 1.16 bits per heavy atom. The van der Waals surface area contributed by atoms with E-state index < -0.39 is 0 Å². The van der Waals surface area contributed by atoms with E-state index in [4.69, 9.17) is 10.5 Å². The second-order valence-electron chi connectivity index (χ2n) is 5.24. The van der Waals surface area contributed by atoms with Gasteiger partial charge in [0.2, 0.25) is 0 Å². The Labute approximate surface area is 154 Å². The second kappa shape index (κ2) is 7.32. The minimum atomic E-state index is 0.189. The molecule has 0 spiro atoms. The van der Waals surface area contributed by atoms with Crippen LogP contribution < -0.4 is 10.5 Å². The van der Waals surface area contributed by atoms with E-state index in [1.807, 2.05) is 43.3 Å². The van der Waals surface area contributed by atoms with Gasteiger partial charge in [-0.2, -0.15) is 5.26 Å². The molecule has 0 aliphatic heterocycles. The van der Waals surface area contributed by atoms with E-state index >= 15 is 0 Å². The van der Waals surface area contributed by atoms with Gasteiger partial charge in [-0.05, 0) is 43.3 Å². The van der Waals surface area contributed by atoms with Crippen molar-refractivity contribution < 1.29 is 4.74 Å². The lowest BCUT2D eigenvalue weighted by molar-refractivity contribution is 0.341. The van der Waals surface area contributed by atoms with E-state index in [1.165, 1.54) is 0 Å². The minimum Gasteiger partial charge on any atom is -0.493 e. The van der Waals surface area contributed by atoms with Gasteiger partial charge in [-0.3, -0.25) is 4.98 Å². The molecule has 2 heterocycles. The summed E-state index contributed by atoms with van der Waals surface area (Å²) in [6.45, 7) is 2.44. The maximum absolute atomic E-state index is 9.58. The fourth-order valence-electron chi connectivity index (χ4n) is 2.56. The van der Waals surface area contributed by atoms with E-state index in [-0.39, 0.29) is 5.82 Å². The summed E-state index contributed by atoms with van der Waals surface area (Å²) in [6.07, 6.45) is 3.38. The first-order valence-corrected chi connectivity index (χ1v) is 8.47. The molecule has 25 heavy (non-hydrogen) atoms. The highest BCUT2D eigenvalue weighted by Gasteiger charge is 2.17. The first-order valence-electron chi connectivity index (χ1n) is 7.67. The summed E-state index contributed by atoms with van der Waals surface area (Å²) < 4.78 is 6.61. The number of anilines is 1. The molecule has 0 unspecified atom stereocenters. The number of nitrogens with two attached hydrogens (primary N) is 1. The maximum Gasteiger partial charge on any atom is 0.142 e. The quantitative estimate of drug-likeness (QED) is 0.707. The van der Waals surface area contributed by atoms with Crippen LogP contribution in [0.4, 0.5) is 5.82 Å². The molecule has 0 bridgehead atoms. The van der Waals surface area contributed by atoms with Crippen molar-refractivity contribution in [3.63, 3.8) is 0 Å². The fourth-order valence-corrected chi connectivity index (χ4v) is 2.92. The van der Waals surface area contributed by atoms with Crippen LogP contribution in [-0.4, -0.2) is 16.6 Å². The molecule has 0 saturated heterocycles. The summed E-state index contributed by atoms with van der Waals surface area (Å²) in [4.78, 5) is 8.39. The summed E-state index contributed by atoms with van der Waals surface area (Å²) >= 11 is 3.48. The highest BCUT2D eigenvalue weighted by molar-refractivity contribution is 9.10. The van der Waals surface area contributed by atoms with E-state index in [2.05, 4.69) is 32.0 Å².